The number of benzene rings is 1. The molecule has 2 aromatic rings. The highest BCUT2D eigenvalue weighted by Crippen LogP contribution is 2.31. The zero-order valence-electron chi connectivity index (χ0n) is 14.8. The second-order valence-electron chi connectivity index (χ2n) is 6.51. The molecule has 1 aromatic carbocycles. The van der Waals surface area contributed by atoms with Crippen molar-refractivity contribution in [3.63, 3.8) is 0 Å². The normalized spacial score (nSPS) is 14.9. The van der Waals surface area contributed by atoms with E-state index in [0.717, 1.165) is 5.69 Å². The summed E-state index contributed by atoms with van der Waals surface area (Å²) in [7, 11) is 0. The lowest BCUT2D eigenvalue weighted by Crippen LogP contribution is -2.43. The van der Waals surface area contributed by atoms with E-state index in [1.165, 1.54) is 0 Å². The number of aromatic nitrogens is 1. The average Bonchev–Trinajstić information content (AvgIpc) is 2.67. The van der Waals surface area contributed by atoms with Crippen LogP contribution in [-0.2, 0) is 16.1 Å². The Morgan fingerprint density at radius 3 is 2.46 bits per heavy atom. The molecule has 0 unspecified atom stereocenters. The van der Waals surface area contributed by atoms with E-state index in [-0.39, 0.29) is 23.5 Å². The SMILES string of the molecule is CC(=O)N1CCC(C(=O)N(Cc2ccccn2)c2ccccc2O)CC1. The maximum absolute atomic E-state index is 13.2. The molecule has 0 radical (unpaired) electrons. The number of hydrogen-bond acceptors (Lipinski definition) is 4. The van der Waals surface area contributed by atoms with Gasteiger partial charge in [-0.3, -0.25) is 14.6 Å². The van der Waals surface area contributed by atoms with Crippen molar-refractivity contribution in [2.45, 2.75) is 26.3 Å². The molecular formula is C20H23N3O3. The van der Waals surface area contributed by atoms with Crippen LogP contribution in [-0.4, -0.2) is 39.9 Å². The third kappa shape index (κ3) is 4.02. The minimum absolute atomic E-state index is 0.0413. The van der Waals surface area contributed by atoms with Gasteiger partial charge in [0.2, 0.25) is 11.8 Å². The summed E-state index contributed by atoms with van der Waals surface area (Å²) in [6.07, 6.45) is 2.95. The summed E-state index contributed by atoms with van der Waals surface area (Å²) in [6.45, 7) is 3.02. The Labute approximate surface area is 153 Å². The Hall–Kier alpha value is -2.89. The van der Waals surface area contributed by atoms with E-state index in [2.05, 4.69) is 4.98 Å². The van der Waals surface area contributed by atoms with Crippen LogP contribution >= 0.6 is 0 Å². The first-order valence-electron chi connectivity index (χ1n) is 8.81. The van der Waals surface area contributed by atoms with Gasteiger partial charge in [0, 0.05) is 32.1 Å². The lowest BCUT2D eigenvalue weighted by molar-refractivity contribution is -0.133. The molecule has 0 bridgehead atoms. The number of para-hydroxylation sites is 2. The van der Waals surface area contributed by atoms with E-state index in [1.54, 1.807) is 47.2 Å². The molecule has 1 N–H and O–H groups in total. The number of likely N-dealkylation sites (tertiary alicyclic amines) is 1. The Bertz CT molecular complexity index is 771. The lowest BCUT2D eigenvalue weighted by Gasteiger charge is -2.34. The number of anilines is 1. The van der Waals surface area contributed by atoms with E-state index in [1.807, 2.05) is 18.2 Å². The van der Waals surface area contributed by atoms with Crippen LogP contribution in [0, 0.1) is 5.92 Å². The summed E-state index contributed by atoms with van der Waals surface area (Å²) in [5.74, 6) is -0.103. The fourth-order valence-corrected chi connectivity index (χ4v) is 3.29. The van der Waals surface area contributed by atoms with Gasteiger partial charge in [-0.2, -0.15) is 0 Å². The van der Waals surface area contributed by atoms with E-state index in [0.29, 0.717) is 38.2 Å². The monoisotopic (exact) mass is 353 g/mol. The van der Waals surface area contributed by atoms with E-state index in [9.17, 15) is 14.7 Å². The van der Waals surface area contributed by atoms with Crippen molar-refractivity contribution in [2.24, 2.45) is 5.92 Å². The van der Waals surface area contributed by atoms with Crippen LogP contribution in [0.2, 0.25) is 0 Å². The Balaban J connectivity index is 1.82. The van der Waals surface area contributed by atoms with Crippen LogP contribution in [0.3, 0.4) is 0 Å². The molecule has 1 aromatic heterocycles. The van der Waals surface area contributed by atoms with Crippen molar-refractivity contribution in [2.75, 3.05) is 18.0 Å². The molecule has 2 heterocycles. The first-order valence-corrected chi connectivity index (χ1v) is 8.81. The molecule has 26 heavy (non-hydrogen) atoms. The summed E-state index contributed by atoms with van der Waals surface area (Å²) in [6, 6.07) is 12.4. The van der Waals surface area contributed by atoms with Crippen molar-refractivity contribution >= 4 is 17.5 Å². The highest BCUT2D eigenvalue weighted by Gasteiger charge is 2.31. The van der Waals surface area contributed by atoms with Crippen LogP contribution in [0.5, 0.6) is 5.75 Å². The van der Waals surface area contributed by atoms with Gasteiger partial charge in [0.1, 0.15) is 5.75 Å². The fourth-order valence-electron chi connectivity index (χ4n) is 3.29. The molecule has 0 aliphatic carbocycles. The molecule has 6 nitrogen and oxygen atoms in total. The first-order chi connectivity index (χ1) is 12.6. The van der Waals surface area contributed by atoms with Crippen molar-refractivity contribution in [1.82, 2.24) is 9.88 Å². The summed E-state index contributed by atoms with van der Waals surface area (Å²) in [5.41, 5.74) is 1.24. The number of carbonyl (C=O) groups excluding carboxylic acids is 2. The number of hydrogen-bond donors (Lipinski definition) is 1. The molecule has 2 amide bonds. The van der Waals surface area contributed by atoms with Gasteiger partial charge in [-0.25, -0.2) is 0 Å². The molecule has 3 rings (SSSR count). The summed E-state index contributed by atoms with van der Waals surface area (Å²) in [5, 5.41) is 10.3. The summed E-state index contributed by atoms with van der Waals surface area (Å²) < 4.78 is 0. The maximum atomic E-state index is 13.2. The lowest BCUT2D eigenvalue weighted by atomic mass is 9.94. The van der Waals surface area contributed by atoms with Gasteiger partial charge in [-0.1, -0.05) is 18.2 Å². The Kier molecular flexibility index (Phi) is 5.51. The van der Waals surface area contributed by atoms with E-state index >= 15 is 0 Å². The van der Waals surface area contributed by atoms with Gasteiger partial charge >= 0.3 is 0 Å². The van der Waals surface area contributed by atoms with Crippen LogP contribution in [0.15, 0.2) is 48.7 Å². The van der Waals surface area contributed by atoms with E-state index in [4.69, 9.17) is 0 Å². The molecule has 6 heteroatoms. The largest absolute Gasteiger partial charge is 0.506 e. The molecule has 1 aliphatic heterocycles. The fraction of sp³-hybridized carbons (Fsp3) is 0.350. The summed E-state index contributed by atoms with van der Waals surface area (Å²) in [4.78, 5) is 32.4. The van der Waals surface area contributed by atoms with Gasteiger partial charge < -0.3 is 14.9 Å². The molecule has 1 aliphatic rings. The average molecular weight is 353 g/mol. The predicted octanol–water partition coefficient (Wildman–Crippen LogP) is 2.58. The van der Waals surface area contributed by atoms with E-state index < -0.39 is 0 Å². The third-order valence-electron chi connectivity index (χ3n) is 4.77. The quantitative estimate of drug-likeness (QED) is 0.917. The minimum Gasteiger partial charge on any atom is -0.506 e. The van der Waals surface area contributed by atoms with Gasteiger partial charge in [0.25, 0.3) is 0 Å². The number of phenolic OH excluding ortho intramolecular Hbond substituents is 1. The zero-order valence-corrected chi connectivity index (χ0v) is 14.8. The molecule has 0 spiro atoms. The van der Waals surface area contributed by atoms with Crippen LogP contribution in [0.4, 0.5) is 5.69 Å². The number of amides is 2. The van der Waals surface area contributed by atoms with Gasteiger partial charge in [-0.15, -0.1) is 0 Å². The molecular weight excluding hydrogens is 330 g/mol. The second kappa shape index (κ2) is 7.99. The Morgan fingerprint density at radius 2 is 1.85 bits per heavy atom. The van der Waals surface area contributed by atoms with Crippen LogP contribution in [0.1, 0.15) is 25.5 Å². The molecule has 0 saturated carbocycles. The smallest absolute Gasteiger partial charge is 0.230 e. The van der Waals surface area contributed by atoms with Crippen molar-refractivity contribution in [1.29, 1.82) is 0 Å². The van der Waals surface area contributed by atoms with Crippen molar-refractivity contribution < 1.29 is 14.7 Å². The van der Waals surface area contributed by atoms with Crippen LogP contribution < -0.4 is 4.90 Å². The van der Waals surface area contributed by atoms with Crippen molar-refractivity contribution in [3.05, 3.63) is 54.4 Å². The summed E-state index contributed by atoms with van der Waals surface area (Å²) >= 11 is 0. The number of rotatable bonds is 4. The Morgan fingerprint density at radius 1 is 1.15 bits per heavy atom. The second-order valence-corrected chi connectivity index (χ2v) is 6.51. The number of aromatic hydroxyl groups is 1. The highest BCUT2D eigenvalue weighted by molar-refractivity contribution is 5.96. The van der Waals surface area contributed by atoms with Gasteiger partial charge in [0.15, 0.2) is 0 Å². The van der Waals surface area contributed by atoms with Gasteiger partial charge in [0.05, 0.1) is 17.9 Å². The highest BCUT2D eigenvalue weighted by atomic mass is 16.3. The number of piperidine rings is 1. The number of carbonyl (C=O) groups is 2. The molecule has 0 atom stereocenters. The molecule has 1 saturated heterocycles. The van der Waals surface area contributed by atoms with Gasteiger partial charge in [-0.05, 0) is 37.1 Å². The molecule has 1 fully saturated rings. The molecule has 136 valence electrons. The standard InChI is InChI=1S/C20H23N3O3/c1-15(24)22-12-9-16(10-13-22)20(26)23(14-17-6-4-5-11-21-17)18-7-2-3-8-19(18)25/h2-8,11,16,25H,9-10,12-14H2,1H3. The van der Waals surface area contributed by atoms with Crippen LogP contribution in [0.25, 0.3) is 0 Å². The third-order valence-corrected chi connectivity index (χ3v) is 4.77. The topological polar surface area (TPSA) is 73.7 Å². The predicted molar refractivity (Wildman–Crippen MR) is 98.5 cm³/mol. The minimum atomic E-state index is -0.172. The van der Waals surface area contributed by atoms with Crippen molar-refractivity contribution in [3.8, 4) is 5.75 Å². The first kappa shape index (κ1) is 17.9. The zero-order chi connectivity index (χ0) is 18.5. The number of pyridine rings is 1. The maximum Gasteiger partial charge on any atom is 0.230 e. The number of nitrogens with zero attached hydrogens (tertiary/aromatic N) is 3. The number of phenols is 1.